The molecule has 0 aliphatic carbocycles. The van der Waals surface area contributed by atoms with Gasteiger partial charge in [-0.05, 0) is 48.9 Å². The SMILES string of the molecule is CC1CCCN(C(=O)C2COc3ccc(Cl)cc3C2)C1CO. The van der Waals surface area contributed by atoms with Gasteiger partial charge in [0.05, 0.1) is 18.6 Å². The van der Waals surface area contributed by atoms with Crippen LogP contribution in [0.15, 0.2) is 18.2 Å². The molecule has 1 fully saturated rings. The third-order valence-electron chi connectivity index (χ3n) is 4.86. The Balaban J connectivity index is 1.75. The van der Waals surface area contributed by atoms with E-state index in [1.165, 1.54) is 0 Å². The highest BCUT2D eigenvalue weighted by Crippen LogP contribution is 2.32. The number of rotatable bonds is 2. The third-order valence-corrected chi connectivity index (χ3v) is 5.10. The van der Waals surface area contributed by atoms with Gasteiger partial charge < -0.3 is 14.7 Å². The van der Waals surface area contributed by atoms with Gasteiger partial charge in [-0.2, -0.15) is 0 Å². The number of piperidine rings is 1. The van der Waals surface area contributed by atoms with Crippen LogP contribution in [0.25, 0.3) is 0 Å². The Hall–Kier alpha value is -1.26. The number of carbonyl (C=O) groups is 1. The monoisotopic (exact) mass is 323 g/mol. The number of nitrogens with zero attached hydrogens (tertiary/aromatic N) is 1. The van der Waals surface area contributed by atoms with Crippen LogP contribution in [-0.4, -0.2) is 41.7 Å². The molecule has 2 aliphatic rings. The van der Waals surface area contributed by atoms with Gasteiger partial charge in [0.25, 0.3) is 0 Å². The van der Waals surface area contributed by atoms with Crippen LogP contribution < -0.4 is 4.74 Å². The van der Waals surface area contributed by atoms with Crippen LogP contribution in [0, 0.1) is 11.8 Å². The van der Waals surface area contributed by atoms with Crippen LogP contribution in [0.2, 0.25) is 5.02 Å². The van der Waals surface area contributed by atoms with Crippen molar-refractivity contribution < 1.29 is 14.6 Å². The number of ether oxygens (including phenoxy) is 1. The number of halogens is 1. The Kier molecular flexibility index (Phi) is 4.59. The maximum absolute atomic E-state index is 12.9. The Bertz CT molecular complexity index is 563. The van der Waals surface area contributed by atoms with E-state index in [-0.39, 0.29) is 24.5 Å². The molecule has 2 aliphatic heterocycles. The second-order valence-electron chi connectivity index (χ2n) is 6.37. The van der Waals surface area contributed by atoms with Crippen LogP contribution >= 0.6 is 11.6 Å². The van der Waals surface area contributed by atoms with Gasteiger partial charge in [-0.15, -0.1) is 0 Å². The van der Waals surface area contributed by atoms with Crippen molar-refractivity contribution in [3.63, 3.8) is 0 Å². The van der Waals surface area contributed by atoms with E-state index in [0.717, 1.165) is 30.7 Å². The number of aliphatic hydroxyl groups excluding tert-OH is 1. The van der Waals surface area contributed by atoms with Crippen molar-refractivity contribution in [3.05, 3.63) is 28.8 Å². The summed E-state index contributed by atoms with van der Waals surface area (Å²) in [6.07, 6.45) is 2.71. The van der Waals surface area contributed by atoms with Gasteiger partial charge in [0.1, 0.15) is 12.4 Å². The minimum Gasteiger partial charge on any atom is -0.492 e. The topological polar surface area (TPSA) is 49.8 Å². The summed E-state index contributed by atoms with van der Waals surface area (Å²) < 4.78 is 5.73. The van der Waals surface area contributed by atoms with Crippen LogP contribution in [-0.2, 0) is 11.2 Å². The standard InChI is InChI=1S/C17H22ClNO3/c1-11-3-2-6-19(15(11)9-20)17(21)13-7-12-8-14(18)4-5-16(12)22-10-13/h4-5,8,11,13,15,20H,2-3,6-7,9-10H2,1H3. The molecule has 3 unspecified atom stereocenters. The minimum atomic E-state index is -0.190. The number of amides is 1. The van der Waals surface area contributed by atoms with Gasteiger partial charge in [-0.25, -0.2) is 0 Å². The molecule has 1 amide bonds. The molecule has 5 heteroatoms. The summed E-state index contributed by atoms with van der Waals surface area (Å²) in [5.74, 6) is 1.06. The Labute approximate surface area is 136 Å². The average molecular weight is 324 g/mol. The van der Waals surface area contributed by atoms with E-state index >= 15 is 0 Å². The zero-order valence-electron chi connectivity index (χ0n) is 12.8. The van der Waals surface area contributed by atoms with E-state index < -0.39 is 0 Å². The molecule has 0 spiro atoms. The molecule has 22 heavy (non-hydrogen) atoms. The van der Waals surface area contributed by atoms with Gasteiger partial charge in [0, 0.05) is 11.6 Å². The largest absolute Gasteiger partial charge is 0.492 e. The van der Waals surface area contributed by atoms with Crippen LogP contribution in [0.5, 0.6) is 5.75 Å². The Morgan fingerprint density at radius 3 is 3.09 bits per heavy atom. The molecule has 0 aromatic heterocycles. The summed E-state index contributed by atoms with van der Waals surface area (Å²) in [5.41, 5.74) is 0.989. The van der Waals surface area contributed by atoms with Gasteiger partial charge in [0.2, 0.25) is 5.91 Å². The predicted molar refractivity (Wildman–Crippen MR) is 85.1 cm³/mol. The highest BCUT2D eigenvalue weighted by molar-refractivity contribution is 6.30. The quantitative estimate of drug-likeness (QED) is 0.910. The molecule has 0 bridgehead atoms. The molecule has 1 aromatic rings. The first-order valence-corrected chi connectivity index (χ1v) is 8.30. The molecule has 1 aromatic carbocycles. The summed E-state index contributed by atoms with van der Waals surface area (Å²) in [6, 6.07) is 5.47. The maximum atomic E-state index is 12.9. The number of benzene rings is 1. The van der Waals surface area contributed by atoms with Gasteiger partial charge in [-0.1, -0.05) is 18.5 Å². The fourth-order valence-corrected chi connectivity index (χ4v) is 3.75. The van der Waals surface area contributed by atoms with Crippen molar-refractivity contribution in [1.82, 2.24) is 4.90 Å². The summed E-state index contributed by atoms with van der Waals surface area (Å²) in [4.78, 5) is 14.7. The lowest BCUT2D eigenvalue weighted by Crippen LogP contribution is -2.53. The molecular formula is C17H22ClNO3. The second-order valence-corrected chi connectivity index (χ2v) is 6.80. The van der Waals surface area contributed by atoms with E-state index in [9.17, 15) is 9.90 Å². The lowest BCUT2D eigenvalue weighted by Gasteiger charge is -2.41. The predicted octanol–water partition coefficient (Wildman–Crippen LogP) is 2.51. The highest BCUT2D eigenvalue weighted by Gasteiger charge is 2.36. The maximum Gasteiger partial charge on any atom is 0.229 e. The second kappa shape index (κ2) is 6.47. The minimum absolute atomic E-state index is 0.0307. The van der Waals surface area contributed by atoms with Crippen molar-refractivity contribution in [2.45, 2.75) is 32.2 Å². The summed E-state index contributed by atoms with van der Waals surface area (Å²) >= 11 is 6.03. The Morgan fingerprint density at radius 1 is 1.50 bits per heavy atom. The number of aliphatic hydroxyl groups is 1. The summed E-state index contributed by atoms with van der Waals surface area (Å²) in [7, 11) is 0. The van der Waals surface area contributed by atoms with Crippen LogP contribution in [0.3, 0.4) is 0 Å². The summed E-state index contributed by atoms with van der Waals surface area (Å²) in [5, 5.41) is 10.3. The molecule has 1 N–H and O–H groups in total. The average Bonchev–Trinajstić information content (AvgIpc) is 2.53. The molecular weight excluding hydrogens is 302 g/mol. The number of hydrogen-bond donors (Lipinski definition) is 1. The molecule has 0 saturated carbocycles. The molecule has 120 valence electrons. The van der Waals surface area contributed by atoms with E-state index in [0.29, 0.717) is 24.0 Å². The van der Waals surface area contributed by atoms with Gasteiger partial charge in [0.15, 0.2) is 0 Å². The lowest BCUT2D eigenvalue weighted by molar-refractivity contribution is -0.143. The van der Waals surface area contributed by atoms with E-state index in [2.05, 4.69) is 6.92 Å². The lowest BCUT2D eigenvalue weighted by atomic mass is 9.88. The summed E-state index contributed by atoms with van der Waals surface area (Å²) in [6.45, 7) is 3.26. The fourth-order valence-electron chi connectivity index (χ4n) is 3.56. The normalized spacial score (nSPS) is 28.0. The molecule has 1 saturated heterocycles. The van der Waals surface area contributed by atoms with Crippen molar-refractivity contribution in [3.8, 4) is 5.75 Å². The van der Waals surface area contributed by atoms with Crippen molar-refractivity contribution >= 4 is 17.5 Å². The van der Waals surface area contributed by atoms with Crippen LogP contribution in [0.4, 0.5) is 0 Å². The Morgan fingerprint density at radius 2 is 2.32 bits per heavy atom. The molecule has 0 radical (unpaired) electrons. The van der Waals surface area contributed by atoms with Crippen molar-refractivity contribution in [1.29, 1.82) is 0 Å². The van der Waals surface area contributed by atoms with Crippen molar-refractivity contribution in [2.75, 3.05) is 19.8 Å². The van der Waals surface area contributed by atoms with E-state index in [4.69, 9.17) is 16.3 Å². The van der Waals surface area contributed by atoms with E-state index in [1.807, 2.05) is 17.0 Å². The number of likely N-dealkylation sites (tertiary alicyclic amines) is 1. The number of hydrogen-bond acceptors (Lipinski definition) is 3. The number of carbonyl (C=O) groups excluding carboxylic acids is 1. The molecule has 3 atom stereocenters. The first kappa shape index (κ1) is 15.6. The zero-order valence-corrected chi connectivity index (χ0v) is 13.6. The fraction of sp³-hybridized carbons (Fsp3) is 0.588. The third kappa shape index (κ3) is 2.95. The first-order valence-electron chi connectivity index (χ1n) is 7.92. The van der Waals surface area contributed by atoms with Crippen LogP contribution in [0.1, 0.15) is 25.3 Å². The molecule has 2 heterocycles. The van der Waals surface area contributed by atoms with Crippen molar-refractivity contribution in [2.24, 2.45) is 11.8 Å². The smallest absolute Gasteiger partial charge is 0.229 e. The zero-order chi connectivity index (χ0) is 15.7. The molecule has 3 rings (SSSR count). The van der Waals surface area contributed by atoms with Gasteiger partial charge in [-0.3, -0.25) is 4.79 Å². The molecule has 4 nitrogen and oxygen atoms in total. The first-order chi connectivity index (χ1) is 10.6. The van der Waals surface area contributed by atoms with E-state index in [1.54, 1.807) is 6.07 Å². The highest BCUT2D eigenvalue weighted by atomic mass is 35.5. The number of fused-ring (bicyclic) bond motifs is 1. The van der Waals surface area contributed by atoms with Gasteiger partial charge >= 0.3 is 0 Å².